The summed E-state index contributed by atoms with van der Waals surface area (Å²) in [5.41, 5.74) is 6.46. The number of nitrogens with zero attached hydrogens (tertiary/aromatic N) is 1. The predicted molar refractivity (Wildman–Crippen MR) is 71.6 cm³/mol. The van der Waals surface area contributed by atoms with Crippen LogP contribution in [0.2, 0.25) is 0 Å². The summed E-state index contributed by atoms with van der Waals surface area (Å²) in [6.07, 6.45) is 0. The molecule has 0 bridgehead atoms. The van der Waals surface area contributed by atoms with E-state index in [1.165, 1.54) is 9.75 Å². The predicted octanol–water partition coefficient (Wildman–Crippen LogP) is 2.65. The fourth-order valence-electron chi connectivity index (χ4n) is 1.46. The third kappa shape index (κ3) is 2.88. The molecule has 17 heavy (non-hydrogen) atoms. The van der Waals surface area contributed by atoms with E-state index in [0.717, 1.165) is 6.54 Å². The summed E-state index contributed by atoms with van der Waals surface area (Å²) >= 11 is 1.76. The second-order valence-corrected chi connectivity index (χ2v) is 5.03. The number of nitrogen functional groups attached to an aromatic ring is 1. The zero-order chi connectivity index (χ0) is 12.3. The normalized spacial score (nSPS) is 10.2. The molecule has 0 radical (unpaired) electrons. The fraction of sp³-hybridized carbons (Fsp3) is 0.250. The first-order chi connectivity index (χ1) is 8.19. The van der Waals surface area contributed by atoms with Gasteiger partial charge >= 0.3 is 0 Å². The monoisotopic (exact) mass is 249 g/mol. The van der Waals surface area contributed by atoms with Gasteiger partial charge in [-0.25, -0.2) is 0 Å². The van der Waals surface area contributed by atoms with E-state index in [4.69, 9.17) is 10.5 Å². The van der Waals surface area contributed by atoms with E-state index in [-0.39, 0.29) is 0 Å². The molecule has 3 N–H and O–H groups in total. The Kier molecular flexibility index (Phi) is 3.49. The van der Waals surface area contributed by atoms with E-state index in [9.17, 15) is 0 Å². The third-order valence-electron chi connectivity index (χ3n) is 2.34. The number of nitrogens with one attached hydrogen (secondary N) is 1. The minimum absolute atomic E-state index is 0.559. The summed E-state index contributed by atoms with van der Waals surface area (Å²) in [6, 6.07) is 7.73. The molecule has 0 aliphatic rings. The number of hydrogen-bond donors (Lipinski definition) is 2. The quantitative estimate of drug-likeness (QED) is 0.874. The maximum absolute atomic E-state index is 5.84. The van der Waals surface area contributed by atoms with E-state index in [1.54, 1.807) is 30.6 Å². The second-order valence-electron chi connectivity index (χ2n) is 3.66. The van der Waals surface area contributed by atoms with Crippen molar-refractivity contribution in [2.24, 2.45) is 0 Å². The number of methoxy groups -OCH3 is 1. The van der Waals surface area contributed by atoms with Crippen molar-refractivity contribution in [3.8, 4) is 5.88 Å². The molecule has 90 valence electrons. The SMILES string of the molecule is COc1ccc(N)c(NCc2ccc(C)s2)n1. The molecular weight excluding hydrogens is 234 g/mol. The van der Waals surface area contributed by atoms with Crippen molar-refractivity contribution in [1.29, 1.82) is 0 Å². The molecule has 0 amide bonds. The van der Waals surface area contributed by atoms with Crippen molar-refractivity contribution in [3.05, 3.63) is 34.0 Å². The molecule has 4 nitrogen and oxygen atoms in total. The van der Waals surface area contributed by atoms with Crippen LogP contribution in [0.15, 0.2) is 24.3 Å². The van der Waals surface area contributed by atoms with Gasteiger partial charge in [0.05, 0.1) is 19.3 Å². The molecule has 2 rings (SSSR count). The summed E-state index contributed by atoms with van der Waals surface area (Å²) in [5.74, 6) is 1.22. The molecular formula is C12H15N3OS. The van der Waals surface area contributed by atoms with Crippen molar-refractivity contribution in [2.45, 2.75) is 13.5 Å². The Balaban J connectivity index is 2.07. The van der Waals surface area contributed by atoms with E-state index in [2.05, 4.69) is 29.4 Å². The Hall–Kier alpha value is -1.75. The van der Waals surface area contributed by atoms with Gasteiger partial charge in [0.2, 0.25) is 5.88 Å². The zero-order valence-corrected chi connectivity index (χ0v) is 10.7. The number of aromatic nitrogens is 1. The third-order valence-corrected chi connectivity index (χ3v) is 3.34. The lowest BCUT2D eigenvalue weighted by Crippen LogP contribution is -2.04. The Morgan fingerprint density at radius 2 is 2.18 bits per heavy atom. The topological polar surface area (TPSA) is 60.2 Å². The van der Waals surface area contributed by atoms with Gasteiger partial charge in [-0.15, -0.1) is 11.3 Å². The van der Waals surface area contributed by atoms with Crippen molar-refractivity contribution >= 4 is 22.8 Å². The molecule has 0 aromatic carbocycles. The highest BCUT2D eigenvalue weighted by Crippen LogP contribution is 2.21. The largest absolute Gasteiger partial charge is 0.481 e. The molecule has 0 aliphatic heterocycles. The Morgan fingerprint density at radius 1 is 1.35 bits per heavy atom. The van der Waals surface area contributed by atoms with Gasteiger partial charge in [-0.1, -0.05) is 0 Å². The number of thiophene rings is 1. The van der Waals surface area contributed by atoms with E-state index in [1.807, 2.05) is 0 Å². The molecule has 2 aromatic rings. The van der Waals surface area contributed by atoms with E-state index in [0.29, 0.717) is 17.4 Å². The first-order valence-corrected chi connectivity index (χ1v) is 6.10. The minimum atomic E-state index is 0.559. The number of aryl methyl sites for hydroxylation is 1. The summed E-state index contributed by atoms with van der Waals surface area (Å²) in [7, 11) is 1.59. The van der Waals surface area contributed by atoms with Gasteiger partial charge in [0.1, 0.15) is 0 Å². The van der Waals surface area contributed by atoms with Gasteiger partial charge in [0, 0.05) is 15.8 Å². The fourth-order valence-corrected chi connectivity index (χ4v) is 2.29. The van der Waals surface area contributed by atoms with Gasteiger partial charge in [0.15, 0.2) is 5.82 Å². The van der Waals surface area contributed by atoms with Crippen molar-refractivity contribution < 1.29 is 4.74 Å². The standard InChI is InChI=1S/C12H15N3OS/c1-8-3-4-9(17-8)7-14-12-10(13)5-6-11(15-12)16-2/h3-6H,7,13H2,1-2H3,(H,14,15). The van der Waals surface area contributed by atoms with Crippen LogP contribution in [0.1, 0.15) is 9.75 Å². The zero-order valence-electron chi connectivity index (χ0n) is 9.86. The molecule has 2 heterocycles. The molecule has 5 heteroatoms. The molecule has 0 unspecified atom stereocenters. The van der Waals surface area contributed by atoms with Crippen LogP contribution in [-0.4, -0.2) is 12.1 Å². The van der Waals surface area contributed by atoms with Gasteiger partial charge < -0.3 is 15.8 Å². The molecule has 2 aromatic heterocycles. The smallest absolute Gasteiger partial charge is 0.215 e. The van der Waals surface area contributed by atoms with Crippen molar-refractivity contribution in [3.63, 3.8) is 0 Å². The van der Waals surface area contributed by atoms with Crippen molar-refractivity contribution in [1.82, 2.24) is 4.98 Å². The number of anilines is 2. The lowest BCUT2D eigenvalue weighted by molar-refractivity contribution is 0.398. The number of pyridine rings is 1. The number of nitrogens with two attached hydrogens (primary N) is 1. The lowest BCUT2D eigenvalue weighted by atomic mass is 10.3. The van der Waals surface area contributed by atoms with Gasteiger partial charge in [-0.2, -0.15) is 4.98 Å². The second kappa shape index (κ2) is 5.05. The summed E-state index contributed by atoms with van der Waals surface area (Å²) in [5, 5.41) is 3.21. The summed E-state index contributed by atoms with van der Waals surface area (Å²) < 4.78 is 5.06. The maximum atomic E-state index is 5.84. The van der Waals surface area contributed by atoms with Crippen LogP contribution in [0.5, 0.6) is 5.88 Å². The summed E-state index contributed by atoms with van der Waals surface area (Å²) in [6.45, 7) is 2.81. The average molecular weight is 249 g/mol. The average Bonchev–Trinajstić information content (AvgIpc) is 2.74. The molecule has 0 fully saturated rings. The van der Waals surface area contributed by atoms with Gasteiger partial charge in [0.25, 0.3) is 0 Å². The minimum Gasteiger partial charge on any atom is -0.481 e. The number of ether oxygens (including phenoxy) is 1. The lowest BCUT2D eigenvalue weighted by Gasteiger charge is -2.08. The molecule has 0 saturated carbocycles. The van der Waals surface area contributed by atoms with Gasteiger partial charge in [-0.05, 0) is 25.1 Å². The van der Waals surface area contributed by atoms with Crippen LogP contribution in [-0.2, 0) is 6.54 Å². The summed E-state index contributed by atoms with van der Waals surface area (Å²) in [4.78, 5) is 6.81. The highest BCUT2D eigenvalue weighted by atomic mass is 32.1. The number of rotatable bonds is 4. The molecule has 0 atom stereocenters. The first kappa shape index (κ1) is 11.7. The van der Waals surface area contributed by atoms with Crippen LogP contribution >= 0.6 is 11.3 Å². The highest BCUT2D eigenvalue weighted by Gasteiger charge is 2.03. The maximum Gasteiger partial charge on any atom is 0.215 e. The van der Waals surface area contributed by atoms with Crippen LogP contribution in [0.25, 0.3) is 0 Å². The van der Waals surface area contributed by atoms with Crippen molar-refractivity contribution in [2.75, 3.05) is 18.2 Å². The van der Waals surface area contributed by atoms with Crippen LogP contribution in [0.3, 0.4) is 0 Å². The Labute approximate surface area is 104 Å². The molecule has 0 spiro atoms. The van der Waals surface area contributed by atoms with E-state index < -0.39 is 0 Å². The van der Waals surface area contributed by atoms with Gasteiger partial charge in [-0.3, -0.25) is 0 Å². The van der Waals surface area contributed by atoms with Crippen LogP contribution in [0.4, 0.5) is 11.5 Å². The van der Waals surface area contributed by atoms with E-state index >= 15 is 0 Å². The number of hydrogen-bond acceptors (Lipinski definition) is 5. The highest BCUT2D eigenvalue weighted by molar-refractivity contribution is 7.11. The molecule has 0 aliphatic carbocycles. The Morgan fingerprint density at radius 3 is 2.82 bits per heavy atom. The first-order valence-electron chi connectivity index (χ1n) is 5.28. The Bertz CT molecular complexity index is 510. The molecule has 0 saturated heterocycles. The van der Waals surface area contributed by atoms with Crippen LogP contribution < -0.4 is 15.8 Å². The van der Waals surface area contributed by atoms with Crippen LogP contribution in [0, 0.1) is 6.92 Å².